The van der Waals surface area contributed by atoms with E-state index in [9.17, 15) is 18.0 Å². The fourth-order valence-electron chi connectivity index (χ4n) is 2.29. The number of fused-ring (bicyclic) bond motifs is 1. The highest BCUT2D eigenvalue weighted by atomic mass is 32.2. The van der Waals surface area contributed by atoms with E-state index in [2.05, 4.69) is 0 Å². The zero-order valence-corrected chi connectivity index (χ0v) is 11.5. The summed E-state index contributed by atoms with van der Waals surface area (Å²) in [7, 11) is -4.05. The Kier molecular flexibility index (Phi) is 2.89. The van der Waals surface area contributed by atoms with Crippen LogP contribution in [0.4, 0.5) is 5.69 Å². The molecule has 2 N–H and O–H groups in total. The van der Waals surface area contributed by atoms with Crippen LogP contribution in [0, 0.1) is 0 Å². The van der Waals surface area contributed by atoms with E-state index in [1.54, 1.807) is 12.1 Å². The standard InChI is InChI=1S/C14H10N2O4S/c15-21(19,20)12-8-4-3-7-11(12)16-13(17)9-5-1-2-6-10(9)14(16)18/h1-8H,(H2,15,19,20). The highest BCUT2D eigenvalue weighted by molar-refractivity contribution is 7.89. The first-order valence-corrected chi connectivity index (χ1v) is 7.55. The van der Waals surface area contributed by atoms with E-state index in [-0.39, 0.29) is 21.7 Å². The SMILES string of the molecule is NS(=O)(=O)c1ccccc1N1C(=O)c2ccccc2C1=O. The van der Waals surface area contributed by atoms with E-state index < -0.39 is 21.8 Å². The highest BCUT2D eigenvalue weighted by Crippen LogP contribution is 2.32. The smallest absolute Gasteiger partial charge is 0.266 e. The van der Waals surface area contributed by atoms with Gasteiger partial charge in [0, 0.05) is 0 Å². The molecule has 21 heavy (non-hydrogen) atoms. The second kappa shape index (κ2) is 4.51. The Balaban J connectivity index is 2.21. The molecule has 2 aromatic rings. The molecule has 2 aromatic carbocycles. The van der Waals surface area contributed by atoms with Crippen molar-refractivity contribution in [3.8, 4) is 0 Å². The molecule has 0 radical (unpaired) electrons. The Bertz CT molecular complexity index is 839. The number of nitrogens with two attached hydrogens (primary N) is 1. The molecule has 0 saturated carbocycles. The van der Waals surface area contributed by atoms with Crippen molar-refractivity contribution < 1.29 is 18.0 Å². The number of carbonyl (C=O) groups is 2. The number of sulfonamides is 1. The van der Waals surface area contributed by atoms with E-state index in [4.69, 9.17) is 5.14 Å². The third kappa shape index (κ3) is 2.03. The minimum Gasteiger partial charge on any atom is -0.268 e. The average Bonchev–Trinajstić information content (AvgIpc) is 2.71. The van der Waals surface area contributed by atoms with Crippen LogP contribution in [0.1, 0.15) is 20.7 Å². The van der Waals surface area contributed by atoms with Gasteiger partial charge in [-0.15, -0.1) is 0 Å². The minimum atomic E-state index is -4.05. The normalized spacial score (nSPS) is 14.4. The largest absolute Gasteiger partial charge is 0.268 e. The van der Waals surface area contributed by atoms with Crippen LogP contribution >= 0.6 is 0 Å². The van der Waals surface area contributed by atoms with Crippen LogP contribution in [0.25, 0.3) is 0 Å². The number of nitrogens with zero attached hydrogens (tertiary/aromatic N) is 1. The number of carbonyl (C=O) groups excluding carboxylic acids is 2. The molecule has 2 amide bonds. The van der Waals surface area contributed by atoms with E-state index >= 15 is 0 Å². The first-order valence-electron chi connectivity index (χ1n) is 6.01. The van der Waals surface area contributed by atoms with Crippen molar-refractivity contribution in [2.75, 3.05) is 4.90 Å². The Morgan fingerprint density at radius 3 is 1.81 bits per heavy atom. The molecule has 3 rings (SSSR count). The second-order valence-corrected chi connectivity index (χ2v) is 6.03. The third-order valence-corrected chi connectivity index (χ3v) is 4.17. The Labute approximate surface area is 120 Å². The maximum absolute atomic E-state index is 12.4. The predicted octanol–water partition coefficient (Wildman–Crippen LogP) is 1.13. The number of rotatable bonds is 2. The molecule has 1 aliphatic heterocycles. The summed E-state index contributed by atoms with van der Waals surface area (Å²) < 4.78 is 23.3. The lowest BCUT2D eigenvalue weighted by Crippen LogP contribution is -2.31. The maximum atomic E-state index is 12.4. The molecule has 7 heteroatoms. The second-order valence-electron chi connectivity index (χ2n) is 4.50. The van der Waals surface area contributed by atoms with Crippen molar-refractivity contribution in [3.63, 3.8) is 0 Å². The molecule has 0 spiro atoms. The predicted molar refractivity (Wildman–Crippen MR) is 75.4 cm³/mol. The van der Waals surface area contributed by atoms with Crippen molar-refractivity contribution in [1.82, 2.24) is 0 Å². The molecule has 0 unspecified atom stereocenters. The van der Waals surface area contributed by atoms with Gasteiger partial charge in [-0.05, 0) is 24.3 Å². The molecule has 0 bridgehead atoms. The topological polar surface area (TPSA) is 97.5 Å². The van der Waals surface area contributed by atoms with Gasteiger partial charge in [-0.3, -0.25) is 9.59 Å². The van der Waals surface area contributed by atoms with E-state index in [1.807, 2.05) is 0 Å². The van der Waals surface area contributed by atoms with Crippen LogP contribution in [-0.2, 0) is 10.0 Å². The highest BCUT2D eigenvalue weighted by Gasteiger charge is 2.38. The van der Waals surface area contributed by atoms with Gasteiger partial charge in [0.05, 0.1) is 16.8 Å². The molecule has 0 aliphatic carbocycles. The van der Waals surface area contributed by atoms with Crippen molar-refractivity contribution in [1.29, 1.82) is 0 Å². The van der Waals surface area contributed by atoms with Crippen molar-refractivity contribution in [2.24, 2.45) is 5.14 Å². The number of anilines is 1. The van der Waals surface area contributed by atoms with E-state index in [0.29, 0.717) is 0 Å². The minimum absolute atomic E-state index is 0.0359. The summed E-state index contributed by atoms with van der Waals surface area (Å²) in [6, 6.07) is 12.0. The quantitative estimate of drug-likeness (QED) is 0.841. The molecule has 6 nitrogen and oxygen atoms in total. The molecule has 1 aliphatic rings. The lowest BCUT2D eigenvalue weighted by molar-refractivity contribution is 0.0925. The fourth-order valence-corrected chi connectivity index (χ4v) is 3.01. The van der Waals surface area contributed by atoms with E-state index in [0.717, 1.165) is 4.90 Å². The zero-order valence-electron chi connectivity index (χ0n) is 10.7. The van der Waals surface area contributed by atoms with E-state index in [1.165, 1.54) is 36.4 Å². The van der Waals surface area contributed by atoms with Crippen LogP contribution in [0.15, 0.2) is 53.4 Å². The van der Waals surface area contributed by atoms with Crippen molar-refractivity contribution in [2.45, 2.75) is 4.90 Å². The van der Waals surface area contributed by atoms with Gasteiger partial charge in [-0.1, -0.05) is 24.3 Å². The Hall–Kier alpha value is -2.51. The summed E-state index contributed by atoms with van der Waals surface area (Å²) in [5.74, 6) is -1.13. The molecular weight excluding hydrogens is 292 g/mol. The number of imide groups is 1. The van der Waals surface area contributed by atoms with Crippen molar-refractivity contribution >= 4 is 27.5 Å². The van der Waals surface area contributed by atoms with Gasteiger partial charge in [0.15, 0.2) is 0 Å². The number of primary sulfonamides is 1. The Morgan fingerprint density at radius 2 is 1.29 bits per heavy atom. The van der Waals surface area contributed by atoms with Crippen LogP contribution in [0.5, 0.6) is 0 Å². The van der Waals surface area contributed by atoms with Crippen LogP contribution in [0.3, 0.4) is 0 Å². The molecule has 0 saturated heterocycles. The number of amides is 2. The fraction of sp³-hybridized carbons (Fsp3) is 0. The average molecular weight is 302 g/mol. The van der Waals surface area contributed by atoms with Gasteiger partial charge in [-0.25, -0.2) is 18.5 Å². The summed E-state index contributed by atoms with van der Waals surface area (Å²) in [4.78, 5) is 25.3. The lowest BCUT2D eigenvalue weighted by atomic mass is 10.1. The molecule has 0 atom stereocenters. The number of hydrogen-bond donors (Lipinski definition) is 1. The molecule has 0 fully saturated rings. The summed E-state index contributed by atoms with van der Waals surface area (Å²) in [5.41, 5.74) is 0.449. The summed E-state index contributed by atoms with van der Waals surface area (Å²) >= 11 is 0. The molecular formula is C14H10N2O4S. The molecule has 106 valence electrons. The first kappa shape index (κ1) is 13.5. The number of para-hydroxylation sites is 1. The number of benzene rings is 2. The van der Waals surface area contributed by atoms with Gasteiger partial charge < -0.3 is 0 Å². The van der Waals surface area contributed by atoms with Gasteiger partial charge in [0.25, 0.3) is 11.8 Å². The van der Waals surface area contributed by atoms with Crippen LogP contribution in [0.2, 0.25) is 0 Å². The monoisotopic (exact) mass is 302 g/mol. The van der Waals surface area contributed by atoms with Crippen LogP contribution < -0.4 is 10.0 Å². The summed E-state index contributed by atoms with van der Waals surface area (Å²) in [5, 5.41) is 5.14. The Morgan fingerprint density at radius 1 is 0.810 bits per heavy atom. The third-order valence-electron chi connectivity index (χ3n) is 3.21. The first-order chi connectivity index (χ1) is 9.91. The lowest BCUT2D eigenvalue weighted by Gasteiger charge is -2.16. The zero-order chi connectivity index (χ0) is 15.2. The summed E-state index contributed by atoms with van der Waals surface area (Å²) in [6.45, 7) is 0. The molecule has 1 heterocycles. The van der Waals surface area contributed by atoms with Gasteiger partial charge in [-0.2, -0.15) is 0 Å². The number of hydrogen-bond acceptors (Lipinski definition) is 4. The van der Waals surface area contributed by atoms with Gasteiger partial charge in [0.2, 0.25) is 10.0 Å². The van der Waals surface area contributed by atoms with Crippen LogP contribution in [-0.4, -0.2) is 20.2 Å². The molecule has 0 aromatic heterocycles. The van der Waals surface area contributed by atoms with Crippen molar-refractivity contribution in [3.05, 3.63) is 59.7 Å². The van der Waals surface area contributed by atoms with Gasteiger partial charge >= 0.3 is 0 Å². The summed E-state index contributed by atoms with van der Waals surface area (Å²) in [6.07, 6.45) is 0. The van der Waals surface area contributed by atoms with Gasteiger partial charge in [0.1, 0.15) is 4.90 Å². The maximum Gasteiger partial charge on any atom is 0.266 e.